The van der Waals surface area contributed by atoms with Gasteiger partial charge in [0.15, 0.2) is 0 Å². The smallest absolute Gasteiger partial charge is 0.335 e. The Morgan fingerprint density at radius 1 is 0.980 bits per heavy atom. The highest BCUT2D eigenvalue weighted by Crippen LogP contribution is 2.29. The minimum atomic E-state index is -0.969. The first-order chi connectivity index (χ1) is 23.2. The molecule has 2 aliphatic heterocycles. The van der Waals surface area contributed by atoms with Crippen LogP contribution in [0, 0.1) is 12.3 Å². The van der Waals surface area contributed by atoms with E-state index < -0.39 is 35.5 Å². The molecule has 4 atom stereocenters. The van der Waals surface area contributed by atoms with Gasteiger partial charge in [-0.3, -0.25) is 19.3 Å². The van der Waals surface area contributed by atoms with Crippen molar-refractivity contribution in [2.45, 2.75) is 65.3 Å². The topological polar surface area (TPSA) is 155 Å². The second kappa shape index (κ2) is 15.1. The highest BCUT2D eigenvalue weighted by Gasteiger charge is 2.44. The van der Waals surface area contributed by atoms with E-state index in [4.69, 9.17) is 5.11 Å². The number of anilines is 1. The van der Waals surface area contributed by atoms with Crippen molar-refractivity contribution in [1.29, 1.82) is 0 Å². The highest BCUT2D eigenvalue weighted by molar-refractivity contribution is 7.13. The number of β-amino-alcohol motifs (C(OH)–C–C–N with tert-alkyl or cyclic N) is 1. The molecule has 3 heterocycles. The minimum Gasteiger partial charge on any atom is -0.478 e. The molecule has 3 aromatic rings. The molecular weight excluding hydrogens is 644 g/mol. The molecule has 0 saturated carbocycles. The number of rotatable bonds is 10. The van der Waals surface area contributed by atoms with E-state index in [9.17, 15) is 24.3 Å². The number of nitrogens with one attached hydrogen (secondary N) is 2. The molecule has 5 rings (SSSR count). The van der Waals surface area contributed by atoms with Crippen LogP contribution in [0.5, 0.6) is 0 Å². The Labute approximate surface area is 291 Å². The van der Waals surface area contributed by atoms with E-state index in [1.165, 1.54) is 4.90 Å². The van der Waals surface area contributed by atoms with Crippen LogP contribution in [0.4, 0.5) is 5.69 Å². The molecule has 13 heteroatoms. The summed E-state index contributed by atoms with van der Waals surface area (Å²) in [4.78, 5) is 63.1. The van der Waals surface area contributed by atoms with Gasteiger partial charge in [0.25, 0.3) is 0 Å². The molecule has 4 N–H and O–H groups in total. The fraction of sp³-hybridized carbons (Fsp3) is 0.472. The summed E-state index contributed by atoms with van der Waals surface area (Å²) < 4.78 is 0. The number of aliphatic hydroxyl groups excluding tert-OH is 1. The highest BCUT2D eigenvalue weighted by atomic mass is 32.1. The number of hydrogen-bond acceptors (Lipinski definition) is 9. The maximum absolute atomic E-state index is 14.0. The molecule has 0 radical (unpaired) electrons. The van der Waals surface area contributed by atoms with Crippen LogP contribution in [-0.4, -0.2) is 106 Å². The summed E-state index contributed by atoms with van der Waals surface area (Å²) in [5, 5.41) is 25.7. The number of thiazole rings is 1. The number of nitrogens with zero attached hydrogens (tertiary/aromatic N) is 4. The van der Waals surface area contributed by atoms with E-state index >= 15 is 0 Å². The van der Waals surface area contributed by atoms with Gasteiger partial charge >= 0.3 is 5.97 Å². The molecule has 0 bridgehead atoms. The number of carboxylic acid groups (broad SMARTS) is 1. The zero-order valence-corrected chi connectivity index (χ0v) is 29.5. The molecule has 0 unspecified atom stereocenters. The van der Waals surface area contributed by atoms with Crippen molar-refractivity contribution < 1.29 is 29.4 Å². The van der Waals surface area contributed by atoms with E-state index in [2.05, 4.69) is 20.5 Å². The van der Waals surface area contributed by atoms with Crippen LogP contribution in [0.3, 0.4) is 0 Å². The summed E-state index contributed by atoms with van der Waals surface area (Å²) in [5.41, 5.74) is 5.25. The number of hydrogen-bond donors (Lipinski definition) is 4. The normalized spacial score (nSPS) is 19.7. The average Bonchev–Trinajstić information content (AvgIpc) is 3.68. The number of aromatic nitrogens is 1. The number of aromatic carboxylic acids is 1. The molecule has 12 nitrogen and oxygen atoms in total. The number of carbonyl (C=O) groups is 4. The predicted molar refractivity (Wildman–Crippen MR) is 188 cm³/mol. The summed E-state index contributed by atoms with van der Waals surface area (Å²) in [6, 6.07) is 12.6. The second-order valence-corrected chi connectivity index (χ2v) is 14.9. The lowest BCUT2D eigenvalue weighted by Gasteiger charge is -2.37. The van der Waals surface area contributed by atoms with Crippen LogP contribution < -0.4 is 15.5 Å². The number of benzene rings is 2. The van der Waals surface area contributed by atoms with Crippen molar-refractivity contribution in [3.8, 4) is 10.4 Å². The van der Waals surface area contributed by atoms with E-state index in [0.717, 1.165) is 27.4 Å². The minimum absolute atomic E-state index is 0.00600. The van der Waals surface area contributed by atoms with Gasteiger partial charge in [-0.15, -0.1) is 11.3 Å². The van der Waals surface area contributed by atoms with Crippen LogP contribution in [-0.2, 0) is 14.4 Å². The molecular formula is C36H46N6O6S. The van der Waals surface area contributed by atoms with Gasteiger partial charge in [-0.25, -0.2) is 9.78 Å². The number of piperazine rings is 1. The van der Waals surface area contributed by atoms with E-state index in [0.29, 0.717) is 26.2 Å². The summed E-state index contributed by atoms with van der Waals surface area (Å²) >= 11 is 1.58. The first-order valence-corrected chi connectivity index (χ1v) is 17.5. The van der Waals surface area contributed by atoms with Crippen LogP contribution in [0.15, 0.2) is 54.0 Å². The zero-order valence-electron chi connectivity index (χ0n) is 28.7. The Hall–Kier alpha value is -4.33. The Kier molecular flexibility index (Phi) is 11.1. The summed E-state index contributed by atoms with van der Waals surface area (Å²) in [5.74, 6) is -2.01. The fourth-order valence-corrected chi connectivity index (χ4v) is 7.22. The Bertz CT molecular complexity index is 1650. The lowest BCUT2D eigenvalue weighted by molar-refractivity contribution is -0.144. The molecule has 262 valence electrons. The molecule has 2 aromatic carbocycles. The Morgan fingerprint density at radius 2 is 1.63 bits per heavy atom. The van der Waals surface area contributed by atoms with Crippen molar-refractivity contribution in [3.05, 3.63) is 70.9 Å². The molecule has 0 spiro atoms. The third-order valence-corrected chi connectivity index (χ3v) is 10.3. The third-order valence-electron chi connectivity index (χ3n) is 9.28. The Morgan fingerprint density at radius 3 is 2.20 bits per heavy atom. The number of likely N-dealkylation sites (tertiary alicyclic amines) is 1. The Balaban J connectivity index is 1.18. The first kappa shape index (κ1) is 36.0. The second-order valence-electron chi connectivity index (χ2n) is 14.0. The van der Waals surface area contributed by atoms with Gasteiger partial charge < -0.3 is 30.6 Å². The first-order valence-electron chi connectivity index (χ1n) is 16.6. The standard InChI is InChI=1S/C36H46N6O6S/c1-22(24-6-8-25(9-7-24)31-23(2)37-21-49-31)38-33(45)29-18-28(43)19-42(29)34(46)32(36(3,4)5)39-30(44)20-40-14-16-41(17-15-40)27-12-10-26(11-13-27)35(47)48/h6-13,21-22,28-29,32,43H,14-20H2,1-5H3,(H,38,45)(H,39,44)(H,47,48)/t22-,28+,29-,32+/m0/s1. The molecule has 1 aromatic heterocycles. The van der Waals surface area contributed by atoms with Crippen molar-refractivity contribution in [2.75, 3.05) is 44.2 Å². The number of carbonyl (C=O) groups excluding carboxylic acids is 3. The van der Waals surface area contributed by atoms with Gasteiger partial charge in [-0.1, -0.05) is 45.0 Å². The van der Waals surface area contributed by atoms with Crippen molar-refractivity contribution in [2.24, 2.45) is 5.41 Å². The quantitative estimate of drug-likeness (QED) is 0.251. The third kappa shape index (κ3) is 8.64. The SMILES string of the molecule is Cc1ncsc1-c1ccc([C@H](C)NC(=O)[C@@H]2C[C@@H](O)CN2C(=O)[C@@H](NC(=O)CN2CCN(c3ccc(C(=O)O)cc3)CC2)C(C)(C)C)cc1. The number of carboxylic acids is 1. The van der Waals surface area contributed by atoms with Gasteiger partial charge in [0, 0.05) is 44.8 Å². The maximum Gasteiger partial charge on any atom is 0.335 e. The number of aliphatic hydroxyl groups is 1. The van der Waals surface area contributed by atoms with Crippen LogP contribution in [0.2, 0.25) is 0 Å². The molecule has 2 fully saturated rings. The van der Waals surface area contributed by atoms with Gasteiger partial charge in [-0.05, 0) is 54.7 Å². The number of aryl methyl sites for hydroxylation is 1. The molecule has 3 amide bonds. The van der Waals surface area contributed by atoms with E-state index in [-0.39, 0.29) is 42.9 Å². The van der Waals surface area contributed by atoms with Crippen molar-refractivity contribution in [1.82, 2.24) is 25.4 Å². The monoisotopic (exact) mass is 690 g/mol. The largest absolute Gasteiger partial charge is 0.478 e. The lowest BCUT2D eigenvalue weighted by Crippen LogP contribution is -2.59. The molecule has 2 saturated heterocycles. The lowest BCUT2D eigenvalue weighted by atomic mass is 9.85. The van der Waals surface area contributed by atoms with Gasteiger partial charge in [0.05, 0.1) is 40.3 Å². The van der Waals surface area contributed by atoms with E-state index in [1.54, 1.807) is 35.6 Å². The van der Waals surface area contributed by atoms with Gasteiger partial charge in [-0.2, -0.15) is 0 Å². The van der Waals surface area contributed by atoms with Crippen molar-refractivity contribution >= 4 is 40.7 Å². The summed E-state index contributed by atoms with van der Waals surface area (Å²) in [6.45, 7) is 12.1. The van der Waals surface area contributed by atoms with Gasteiger partial charge in [0.2, 0.25) is 17.7 Å². The average molecular weight is 691 g/mol. The predicted octanol–water partition coefficient (Wildman–Crippen LogP) is 3.31. The summed E-state index contributed by atoms with van der Waals surface area (Å²) in [6.07, 6.45) is -0.743. The number of amides is 3. The molecule has 49 heavy (non-hydrogen) atoms. The van der Waals surface area contributed by atoms with Crippen LogP contribution >= 0.6 is 11.3 Å². The van der Waals surface area contributed by atoms with Gasteiger partial charge in [0.1, 0.15) is 12.1 Å². The van der Waals surface area contributed by atoms with Crippen molar-refractivity contribution in [3.63, 3.8) is 0 Å². The maximum atomic E-state index is 14.0. The van der Waals surface area contributed by atoms with Crippen LogP contribution in [0.1, 0.15) is 61.8 Å². The van der Waals surface area contributed by atoms with Crippen LogP contribution in [0.25, 0.3) is 10.4 Å². The molecule has 2 aliphatic rings. The fourth-order valence-electron chi connectivity index (χ4n) is 6.40. The zero-order chi connectivity index (χ0) is 35.5. The molecule has 0 aliphatic carbocycles. The van der Waals surface area contributed by atoms with E-state index in [1.807, 2.05) is 69.3 Å². The summed E-state index contributed by atoms with van der Waals surface area (Å²) in [7, 11) is 0.